The molecule has 0 aliphatic rings. The topological polar surface area (TPSA) is 61.0 Å². The zero-order chi connectivity index (χ0) is 12.6. The Morgan fingerprint density at radius 1 is 1.41 bits per heavy atom. The van der Waals surface area contributed by atoms with E-state index in [2.05, 4.69) is 4.98 Å². The maximum Gasteiger partial charge on any atom is 0.328 e. The van der Waals surface area contributed by atoms with E-state index in [1.807, 2.05) is 0 Å². The molecule has 1 aromatic carbocycles. The van der Waals surface area contributed by atoms with Gasteiger partial charge in [0.25, 0.3) is 0 Å². The average molecular weight is 235 g/mol. The minimum Gasteiger partial charge on any atom is -0.300 e. The summed E-state index contributed by atoms with van der Waals surface area (Å²) >= 11 is 0. The smallest absolute Gasteiger partial charge is 0.300 e. The fraction of sp³-hybridized carbons (Fsp3) is 0.182. The summed E-state index contributed by atoms with van der Waals surface area (Å²) in [6.45, 7) is 3.44. The van der Waals surface area contributed by atoms with E-state index in [1.54, 1.807) is 26.1 Å². The number of aromatic nitrogens is 2. The van der Waals surface area contributed by atoms with E-state index in [-0.39, 0.29) is 5.69 Å². The third-order valence-electron chi connectivity index (χ3n) is 2.36. The standard InChI is InChI=1S/C11H10FN3O2/c1-7-3-9(12)11(15(16)17)10(4-7)14-5-8(2)13-6-14/h3-6H,1-2H3. The number of nitrogens with zero attached hydrogens (tertiary/aromatic N) is 3. The van der Waals surface area contributed by atoms with Gasteiger partial charge in [-0.05, 0) is 31.5 Å². The average Bonchev–Trinajstić information content (AvgIpc) is 2.62. The van der Waals surface area contributed by atoms with Gasteiger partial charge in [-0.25, -0.2) is 4.98 Å². The molecule has 5 nitrogen and oxygen atoms in total. The Morgan fingerprint density at radius 2 is 2.12 bits per heavy atom. The van der Waals surface area contributed by atoms with Gasteiger partial charge in [-0.1, -0.05) is 0 Å². The van der Waals surface area contributed by atoms with Crippen LogP contribution in [0.3, 0.4) is 0 Å². The lowest BCUT2D eigenvalue weighted by molar-refractivity contribution is -0.387. The number of aryl methyl sites for hydroxylation is 2. The molecule has 0 unspecified atom stereocenters. The van der Waals surface area contributed by atoms with Gasteiger partial charge in [-0.3, -0.25) is 14.7 Å². The molecule has 0 aliphatic carbocycles. The molecular weight excluding hydrogens is 225 g/mol. The van der Waals surface area contributed by atoms with E-state index in [1.165, 1.54) is 10.9 Å². The predicted molar refractivity (Wildman–Crippen MR) is 59.7 cm³/mol. The van der Waals surface area contributed by atoms with Crippen molar-refractivity contribution in [3.8, 4) is 5.69 Å². The molecule has 1 aromatic heterocycles. The maximum absolute atomic E-state index is 13.6. The van der Waals surface area contributed by atoms with Crippen LogP contribution in [0.5, 0.6) is 0 Å². The van der Waals surface area contributed by atoms with Crippen molar-refractivity contribution in [2.24, 2.45) is 0 Å². The van der Waals surface area contributed by atoms with Gasteiger partial charge in [0.05, 0.1) is 16.9 Å². The normalized spacial score (nSPS) is 10.5. The molecule has 0 bridgehead atoms. The number of halogens is 1. The highest BCUT2D eigenvalue weighted by Gasteiger charge is 2.22. The van der Waals surface area contributed by atoms with Crippen LogP contribution in [0.4, 0.5) is 10.1 Å². The number of nitro groups is 1. The summed E-state index contributed by atoms with van der Waals surface area (Å²) in [7, 11) is 0. The van der Waals surface area contributed by atoms with Crippen LogP contribution in [-0.4, -0.2) is 14.5 Å². The van der Waals surface area contributed by atoms with E-state index in [0.717, 1.165) is 6.07 Å². The molecule has 0 amide bonds. The Labute approximate surface area is 96.7 Å². The Hall–Kier alpha value is -2.24. The first-order chi connectivity index (χ1) is 7.99. The highest BCUT2D eigenvalue weighted by atomic mass is 19.1. The number of benzene rings is 1. The van der Waals surface area contributed by atoms with Gasteiger partial charge >= 0.3 is 5.69 Å². The lowest BCUT2D eigenvalue weighted by atomic mass is 10.2. The second kappa shape index (κ2) is 3.97. The van der Waals surface area contributed by atoms with Crippen LogP contribution >= 0.6 is 0 Å². The van der Waals surface area contributed by atoms with Gasteiger partial charge in [-0.2, -0.15) is 4.39 Å². The van der Waals surface area contributed by atoms with Gasteiger partial charge in [-0.15, -0.1) is 0 Å². The second-order valence-corrected chi connectivity index (χ2v) is 3.79. The largest absolute Gasteiger partial charge is 0.328 e. The van der Waals surface area contributed by atoms with Crippen molar-refractivity contribution in [2.75, 3.05) is 0 Å². The molecule has 0 saturated carbocycles. The first-order valence-electron chi connectivity index (χ1n) is 4.94. The third-order valence-corrected chi connectivity index (χ3v) is 2.36. The Morgan fingerprint density at radius 3 is 2.65 bits per heavy atom. The van der Waals surface area contributed by atoms with Gasteiger partial charge < -0.3 is 0 Å². The highest BCUT2D eigenvalue weighted by Crippen LogP contribution is 2.27. The monoisotopic (exact) mass is 235 g/mol. The predicted octanol–water partition coefficient (Wildman–Crippen LogP) is 2.54. The molecule has 0 saturated heterocycles. The van der Waals surface area contributed by atoms with Crippen LogP contribution in [0, 0.1) is 29.8 Å². The first kappa shape index (κ1) is 11.3. The van der Waals surface area contributed by atoms with Crippen molar-refractivity contribution in [3.63, 3.8) is 0 Å². The van der Waals surface area contributed by atoms with Crippen molar-refractivity contribution in [2.45, 2.75) is 13.8 Å². The Bertz CT molecular complexity index is 592. The zero-order valence-electron chi connectivity index (χ0n) is 9.35. The van der Waals surface area contributed by atoms with Crippen molar-refractivity contribution in [1.29, 1.82) is 0 Å². The fourth-order valence-electron chi connectivity index (χ4n) is 1.65. The number of imidazole rings is 1. The van der Waals surface area contributed by atoms with Crippen LogP contribution in [0.1, 0.15) is 11.3 Å². The van der Waals surface area contributed by atoms with Crippen molar-refractivity contribution in [3.05, 3.63) is 51.8 Å². The molecule has 1 heterocycles. The summed E-state index contributed by atoms with van der Waals surface area (Å²) in [4.78, 5) is 14.1. The van der Waals surface area contributed by atoms with E-state index in [4.69, 9.17) is 0 Å². The highest BCUT2D eigenvalue weighted by molar-refractivity contribution is 5.55. The number of hydrogen-bond donors (Lipinski definition) is 0. The van der Waals surface area contributed by atoms with Gasteiger partial charge in [0.2, 0.25) is 5.82 Å². The number of hydrogen-bond acceptors (Lipinski definition) is 3. The summed E-state index contributed by atoms with van der Waals surface area (Å²) < 4.78 is 15.0. The van der Waals surface area contributed by atoms with Gasteiger partial charge in [0, 0.05) is 6.20 Å². The van der Waals surface area contributed by atoms with E-state index in [0.29, 0.717) is 11.3 Å². The lowest BCUT2D eigenvalue weighted by Crippen LogP contribution is -2.02. The summed E-state index contributed by atoms with van der Waals surface area (Å²) in [6, 6.07) is 2.70. The van der Waals surface area contributed by atoms with Crippen LogP contribution in [-0.2, 0) is 0 Å². The summed E-state index contributed by atoms with van der Waals surface area (Å²) in [5.41, 5.74) is 0.983. The molecule has 0 N–H and O–H groups in total. The van der Waals surface area contributed by atoms with Crippen LogP contribution in [0.15, 0.2) is 24.7 Å². The maximum atomic E-state index is 13.6. The van der Waals surface area contributed by atoms with Gasteiger partial charge in [0.15, 0.2) is 0 Å². The van der Waals surface area contributed by atoms with Crippen LogP contribution in [0.2, 0.25) is 0 Å². The molecule has 0 atom stereocenters. The van der Waals surface area contributed by atoms with Crippen LogP contribution < -0.4 is 0 Å². The minimum absolute atomic E-state index is 0.188. The molecular formula is C11H10FN3O2. The molecule has 2 aromatic rings. The molecule has 0 radical (unpaired) electrons. The van der Waals surface area contributed by atoms with Crippen molar-refractivity contribution >= 4 is 5.69 Å². The van der Waals surface area contributed by atoms with Gasteiger partial charge in [0.1, 0.15) is 5.69 Å². The first-order valence-corrected chi connectivity index (χ1v) is 4.94. The molecule has 0 aliphatic heterocycles. The van der Waals surface area contributed by atoms with E-state index in [9.17, 15) is 14.5 Å². The Kier molecular flexibility index (Phi) is 2.63. The van der Waals surface area contributed by atoms with Crippen LogP contribution in [0.25, 0.3) is 5.69 Å². The third kappa shape index (κ3) is 2.01. The van der Waals surface area contributed by atoms with E-state index < -0.39 is 16.4 Å². The molecule has 0 spiro atoms. The minimum atomic E-state index is -0.837. The molecule has 17 heavy (non-hydrogen) atoms. The summed E-state index contributed by atoms with van der Waals surface area (Å²) in [5, 5.41) is 10.9. The number of nitro benzene ring substituents is 1. The Balaban J connectivity index is 2.71. The molecule has 0 fully saturated rings. The fourth-order valence-corrected chi connectivity index (χ4v) is 1.65. The number of rotatable bonds is 2. The van der Waals surface area contributed by atoms with Crippen molar-refractivity contribution in [1.82, 2.24) is 9.55 Å². The van der Waals surface area contributed by atoms with E-state index >= 15 is 0 Å². The lowest BCUT2D eigenvalue weighted by Gasteiger charge is -2.05. The molecule has 88 valence electrons. The summed E-state index contributed by atoms with van der Waals surface area (Å²) in [5.74, 6) is -0.837. The molecule has 6 heteroatoms. The van der Waals surface area contributed by atoms with Crippen molar-refractivity contribution < 1.29 is 9.31 Å². The quantitative estimate of drug-likeness (QED) is 0.593. The second-order valence-electron chi connectivity index (χ2n) is 3.79. The zero-order valence-corrected chi connectivity index (χ0v) is 9.35. The summed E-state index contributed by atoms with van der Waals surface area (Å²) in [6.07, 6.45) is 3.04. The SMILES string of the molecule is Cc1cc(F)c([N+](=O)[O-])c(-n2cnc(C)c2)c1. The molecule has 2 rings (SSSR count).